The van der Waals surface area contributed by atoms with Gasteiger partial charge in [0.05, 0.1) is 0 Å². The van der Waals surface area contributed by atoms with E-state index in [9.17, 15) is 4.79 Å². The molecule has 0 aromatic heterocycles. The van der Waals surface area contributed by atoms with Crippen molar-refractivity contribution in [3.63, 3.8) is 0 Å². The molecule has 0 aliphatic carbocycles. The van der Waals surface area contributed by atoms with Crippen LogP contribution in [0.4, 0.5) is 0 Å². The van der Waals surface area contributed by atoms with Gasteiger partial charge in [0, 0.05) is 26.2 Å². The largest absolute Gasteiger partial charge is 0.382 e. The molecule has 15 heavy (non-hydrogen) atoms. The SMILES string of the molecule is CCNCCCNC(=O)CCCOCC. The molecule has 0 fully saturated rings. The van der Waals surface area contributed by atoms with Crippen LogP contribution >= 0.6 is 0 Å². The normalized spacial score (nSPS) is 10.3. The summed E-state index contributed by atoms with van der Waals surface area (Å²) in [6, 6.07) is 0. The van der Waals surface area contributed by atoms with Gasteiger partial charge >= 0.3 is 0 Å². The highest BCUT2D eigenvalue weighted by Crippen LogP contribution is 1.90. The van der Waals surface area contributed by atoms with Crippen LogP contribution in [0.1, 0.15) is 33.1 Å². The molecule has 0 rings (SSSR count). The first kappa shape index (κ1) is 14.4. The zero-order chi connectivity index (χ0) is 11.4. The molecule has 0 saturated heterocycles. The molecule has 4 nitrogen and oxygen atoms in total. The molecule has 0 aromatic rings. The Morgan fingerprint density at radius 2 is 2.00 bits per heavy atom. The zero-order valence-electron chi connectivity index (χ0n) is 9.97. The fraction of sp³-hybridized carbons (Fsp3) is 0.909. The van der Waals surface area contributed by atoms with Gasteiger partial charge in [-0.15, -0.1) is 0 Å². The molecule has 90 valence electrons. The van der Waals surface area contributed by atoms with Gasteiger partial charge in [0.1, 0.15) is 0 Å². The highest BCUT2D eigenvalue weighted by molar-refractivity contribution is 5.75. The molecule has 0 aromatic carbocycles. The van der Waals surface area contributed by atoms with E-state index in [0.717, 1.165) is 39.1 Å². The van der Waals surface area contributed by atoms with Gasteiger partial charge in [-0.05, 0) is 32.9 Å². The molecular formula is C11H24N2O2. The summed E-state index contributed by atoms with van der Waals surface area (Å²) < 4.78 is 5.15. The van der Waals surface area contributed by atoms with Gasteiger partial charge in [-0.3, -0.25) is 4.79 Å². The minimum atomic E-state index is 0.131. The van der Waals surface area contributed by atoms with Crippen LogP contribution in [-0.4, -0.2) is 38.8 Å². The van der Waals surface area contributed by atoms with Crippen molar-refractivity contribution in [2.45, 2.75) is 33.1 Å². The molecule has 0 radical (unpaired) electrons. The molecule has 0 heterocycles. The Hall–Kier alpha value is -0.610. The lowest BCUT2D eigenvalue weighted by atomic mass is 10.3. The van der Waals surface area contributed by atoms with Crippen LogP contribution in [0.25, 0.3) is 0 Å². The standard InChI is InChI=1S/C11H24N2O2/c1-3-12-8-6-9-13-11(14)7-5-10-15-4-2/h12H,3-10H2,1-2H3,(H,13,14). The number of rotatable bonds is 10. The summed E-state index contributed by atoms with van der Waals surface area (Å²) >= 11 is 0. The Bertz CT molecular complexity index is 152. The zero-order valence-corrected chi connectivity index (χ0v) is 9.97. The van der Waals surface area contributed by atoms with Crippen LogP contribution in [0.2, 0.25) is 0 Å². The Morgan fingerprint density at radius 1 is 1.20 bits per heavy atom. The van der Waals surface area contributed by atoms with Crippen molar-refractivity contribution < 1.29 is 9.53 Å². The average molecular weight is 216 g/mol. The first-order chi connectivity index (χ1) is 7.31. The predicted octanol–water partition coefficient (Wildman–Crippen LogP) is 0.919. The molecule has 0 atom stereocenters. The van der Waals surface area contributed by atoms with Crippen molar-refractivity contribution in [3.05, 3.63) is 0 Å². The minimum Gasteiger partial charge on any atom is -0.382 e. The third kappa shape index (κ3) is 11.3. The summed E-state index contributed by atoms with van der Waals surface area (Å²) in [6.45, 7) is 8.16. The minimum absolute atomic E-state index is 0.131. The second-order valence-corrected chi connectivity index (χ2v) is 3.36. The molecule has 2 N–H and O–H groups in total. The number of hydrogen-bond donors (Lipinski definition) is 2. The maximum absolute atomic E-state index is 11.3. The van der Waals surface area contributed by atoms with E-state index < -0.39 is 0 Å². The lowest BCUT2D eigenvalue weighted by Gasteiger charge is -2.05. The van der Waals surface area contributed by atoms with E-state index in [2.05, 4.69) is 17.6 Å². The van der Waals surface area contributed by atoms with Crippen LogP contribution in [0.5, 0.6) is 0 Å². The molecule has 0 unspecified atom stereocenters. The van der Waals surface area contributed by atoms with Crippen LogP contribution < -0.4 is 10.6 Å². The van der Waals surface area contributed by atoms with Crippen LogP contribution in [0, 0.1) is 0 Å². The molecule has 0 bridgehead atoms. The summed E-state index contributed by atoms with van der Waals surface area (Å²) in [7, 11) is 0. The molecular weight excluding hydrogens is 192 g/mol. The molecule has 0 spiro atoms. The van der Waals surface area contributed by atoms with E-state index in [-0.39, 0.29) is 5.91 Å². The Kier molecular flexibility index (Phi) is 11.0. The number of nitrogens with one attached hydrogen (secondary N) is 2. The van der Waals surface area contributed by atoms with Crippen LogP contribution in [0.3, 0.4) is 0 Å². The fourth-order valence-corrected chi connectivity index (χ4v) is 1.19. The van der Waals surface area contributed by atoms with Gasteiger partial charge in [0.2, 0.25) is 5.91 Å². The van der Waals surface area contributed by atoms with Crippen LogP contribution in [-0.2, 0) is 9.53 Å². The summed E-state index contributed by atoms with van der Waals surface area (Å²) in [5.41, 5.74) is 0. The summed E-state index contributed by atoms with van der Waals surface area (Å²) in [6.07, 6.45) is 2.37. The molecule has 1 amide bonds. The van der Waals surface area contributed by atoms with E-state index in [1.54, 1.807) is 0 Å². The van der Waals surface area contributed by atoms with Gasteiger partial charge < -0.3 is 15.4 Å². The van der Waals surface area contributed by atoms with Gasteiger partial charge in [-0.1, -0.05) is 6.92 Å². The van der Waals surface area contributed by atoms with Gasteiger partial charge in [-0.25, -0.2) is 0 Å². The molecule has 0 aliphatic heterocycles. The topological polar surface area (TPSA) is 50.4 Å². The molecule has 4 heteroatoms. The number of carbonyl (C=O) groups excluding carboxylic acids is 1. The van der Waals surface area contributed by atoms with E-state index >= 15 is 0 Å². The molecule has 0 saturated carbocycles. The second kappa shape index (κ2) is 11.5. The van der Waals surface area contributed by atoms with E-state index in [0.29, 0.717) is 13.0 Å². The Morgan fingerprint density at radius 3 is 2.67 bits per heavy atom. The van der Waals surface area contributed by atoms with Crippen molar-refractivity contribution >= 4 is 5.91 Å². The van der Waals surface area contributed by atoms with Gasteiger partial charge in [0.25, 0.3) is 0 Å². The maximum Gasteiger partial charge on any atom is 0.220 e. The third-order valence-electron chi connectivity index (χ3n) is 2.00. The van der Waals surface area contributed by atoms with Crippen LogP contribution in [0.15, 0.2) is 0 Å². The quantitative estimate of drug-likeness (QED) is 0.534. The third-order valence-corrected chi connectivity index (χ3v) is 2.00. The Balaban J connectivity index is 3.11. The number of amides is 1. The summed E-state index contributed by atoms with van der Waals surface area (Å²) in [5, 5.41) is 6.09. The fourth-order valence-electron chi connectivity index (χ4n) is 1.19. The van der Waals surface area contributed by atoms with Crippen molar-refractivity contribution in [1.29, 1.82) is 0 Å². The lowest BCUT2D eigenvalue weighted by molar-refractivity contribution is -0.121. The van der Waals surface area contributed by atoms with E-state index in [1.165, 1.54) is 0 Å². The van der Waals surface area contributed by atoms with Gasteiger partial charge in [-0.2, -0.15) is 0 Å². The summed E-state index contributed by atoms with van der Waals surface area (Å²) in [4.78, 5) is 11.3. The first-order valence-corrected chi connectivity index (χ1v) is 5.86. The monoisotopic (exact) mass is 216 g/mol. The lowest BCUT2D eigenvalue weighted by Crippen LogP contribution is -2.27. The number of hydrogen-bond acceptors (Lipinski definition) is 3. The van der Waals surface area contributed by atoms with E-state index in [1.807, 2.05) is 6.92 Å². The molecule has 0 aliphatic rings. The van der Waals surface area contributed by atoms with Crippen molar-refractivity contribution in [2.24, 2.45) is 0 Å². The van der Waals surface area contributed by atoms with Crippen molar-refractivity contribution in [1.82, 2.24) is 10.6 Å². The number of carbonyl (C=O) groups is 1. The first-order valence-electron chi connectivity index (χ1n) is 5.86. The maximum atomic E-state index is 11.3. The van der Waals surface area contributed by atoms with Crippen molar-refractivity contribution in [3.8, 4) is 0 Å². The van der Waals surface area contributed by atoms with Crippen molar-refractivity contribution in [2.75, 3.05) is 32.8 Å². The van der Waals surface area contributed by atoms with Gasteiger partial charge in [0.15, 0.2) is 0 Å². The van der Waals surface area contributed by atoms with E-state index in [4.69, 9.17) is 4.74 Å². The highest BCUT2D eigenvalue weighted by atomic mass is 16.5. The number of ether oxygens (including phenoxy) is 1. The Labute approximate surface area is 92.8 Å². The second-order valence-electron chi connectivity index (χ2n) is 3.36. The highest BCUT2D eigenvalue weighted by Gasteiger charge is 1.99. The average Bonchev–Trinajstić information content (AvgIpc) is 2.24. The summed E-state index contributed by atoms with van der Waals surface area (Å²) in [5.74, 6) is 0.131. The smallest absolute Gasteiger partial charge is 0.220 e. The predicted molar refractivity (Wildman–Crippen MR) is 61.9 cm³/mol.